The van der Waals surface area contributed by atoms with Gasteiger partial charge in [-0.15, -0.1) is 8.45 Å². The molecule has 0 amide bonds. The summed E-state index contributed by atoms with van der Waals surface area (Å²) in [4.78, 5) is 12.0. The molecule has 0 spiro atoms. The van der Waals surface area contributed by atoms with Crippen LogP contribution in [0.3, 0.4) is 0 Å². The quantitative estimate of drug-likeness (QED) is 0.148. The van der Waals surface area contributed by atoms with Crippen LogP contribution in [0.1, 0.15) is 15.9 Å². The summed E-state index contributed by atoms with van der Waals surface area (Å²) in [5.74, 6) is -0.871. The summed E-state index contributed by atoms with van der Waals surface area (Å²) in [5.41, 5.74) is 7.41. The van der Waals surface area contributed by atoms with Gasteiger partial charge in [0, 0.05) is 29.4 Å². The van der Waals surface area contributed by atoms with Crippen LogP contribution in [-0.4, -0.2) is 46.7 Å². The minimum atomic E-state index is -5.42. The van der Waals surface area contributed by atoms with Crippen molar-refractivity contribution in [2.24, 2.45) is 5.73 Å². The van der Waals surface area contributed by atoms with Gasteiger partial charge in [-0.2, -0.15) is 0 Å². The van der Waals surface area contributed by atoms with Crippen molar-refractivity contribution in [3.8, 4) is 17.2 Å². The van der Waals surface area contributed by atoms with E-state index >= 15 is 0 Å². The Morgan fingerprint density at radius 1 is 1.03 bits per heavy atom. The Bertz CT molecular complexity index is 1710. The summed E-state index contributed by atoms with van der Waals surface area (Å²) in [6, 6.07) is 15.3. The van der Waals surface area contributed by atoms with Crippen molar-refractivity contribution < 1.29 is 49.2 Å². The highest BCUT2D eigenvalue weighted by atomic mass is 35.7. The SMILES string of the molecule is COc1cc(CN)c(S(=O)(=O)Cl)c(OC)c1-[n+]1c2ccccc2c(C(=O)O)c2ccccc21.O=S(=O)([O-])F. The number of aromatic carboxylic acids is 1. The molecule has 3 N–H and O–H groups in total. The van der Waals surface area contributed by atoms with Crippen molar-refractivity contribution in [3.05, 3.63) is 65.7 Å². The molecule has 0 aliphatic heterocycles. The number of para-hydroxylation sites is 2. The van der Waals surface area contributed by atoms with Gasteiger partial charge in [-0.25, -0.2) is 21.6 Å². The lowest BCUT2D eigenvalue weighted by Crippen LogP contribution is -2.35. The van der Waals surface area contributed by atoms with Crippen LogP contribution in [0, 0.1) is 0 Å². The largest absolute Gasteiger partial charge is 0.722 e. The van der Waals surface area contributed by atoms with Crippen molar-refractivity contribution in [2.75, 3.05) is 14.2 Å². The number of carboxylic acids is 1. The number of hydrogen-bond acceptors (Lipinski definition) is 9. The fourth-order valence-corrected chi connectivity index (χ4v) is 5.50. The first-order valence-electron chi connectivity index (χ1n) is 10.4. The number of nitrogens with zero attached hydrogens (tertiary/aromatic N) is 1. The van der Waals surface area contributed by atoms with Gasteiger partial charge >= 0.3 is 5.97 Å². The van der Waals surface area contributed by atoms with Gasteiger partial charge in [-0.1, -0.05) is 24.3 Å². The number of pyridine rings is 1. The van der Waals surface area contributed by atoms with Gasteiger partial charge in [-0.3, -0.25) is 0 Å². The van der Waals surface area contributed by atoms with Gasteiger partial charge in [0.15, 0.2) is 5.75 Å². The van der Waals surface area contributed by atoms with Crippen molar-refractivity contribution in [1.29, 1.82) is 0 Å². The maximum absolute atomic E-state index is 12.5. The summed E-state index contributed by atoms with van der Waals surface area (Å²) in [6.07, 6.45) is 0. The number of aromatic nitrogens is 1. The monoisotopic (exact) mass is 586 g/mol. The lowest BCUT2D eigenvalue weighted by atomic mass is 10.0. The molecule has 0 unspecified atom stereocenters. The Morgan fingerprint density at radius 2 is 1.50 bits per heavy atom. The number of carboxylic acid groups (broad SMARTS) is 1. The molecule has 1 aromatic heterocycles. The fraction of sp³-hybridized carbons (Fsp3) is 0.130. The molecule has 0 aliphatic rings. The molecule has 1 heterocycles. The average Bonchev–Trinajstić information content (AvgIpc) is 2.84. The predicted molar refractivity (Wildman–Crippen MR) is 135 cm³/mol. The van der Waals surface area contributed by atoms with Crippen LogP contribution >= 0.6 is 10.7 Å². The predicted octanol–water partition coefficient (Wildman–Crippen LogP) is 2.79. The van der Waals surface area contributed by atoms with E-state index in [1.807, 2.05) is 0 Å². The molecule has 0 fully saturated rings. The molecular formula is C23H20ClFN2O9S2. The second kappa shape index (κ2) is 11.0. The Labute approximate surface area is 221 Å². The van der Waals surface area contributed by atoms with Crippen molar-refractivity contribution in [2.45, 2.75) is 11.4 Å². The van der Waals surface area contributed by atoms with Crippen LogP contribution in [-0.2, 0) is 26.1 Å². The van der Waals surface area contributed by atoms with E-state index in [4.69, 9.17) is 38.9 Å². The molecule has 0 saturated heterocycles. The number of rotatable bonds is 6. The number of halogens is 2. The third-order valence-corrected chi connectivity index (χ3v) is 6.80. The van der Waals surface area contributed by atoms with Crippen molar-refractivity contribution >= 4 is 58.0 Å². The topological polar surface area (TPSA) is 177 Å². The van der Waals surface area contributed by atoms with E-state index in [0.29, 0.717) is 21.8 Å². The minimum Gasteiger partial charge on any atom is -0.722 e. The van der Waals surface area contributed by atoms with Crippen LogP contribution in [0.4, 0.5) is 3.89 Å². The molecule has 202 valence electrons. The molecule has 11 nitrogen and oxygen atoms in total. The smallest absolute Gasteiger partial charge is 0.337 e. The molecular weight excluding hydrogens is 567 g/mol. The zero-order chi connectivity index (χ0) is 28.4. The molecule has 0 radical (unpaired) electrons. The average molecular weight is 587 g/mol. The fourth-order valence-electron chi connectivity index (χ4n) is 4.14. The summed E-state index contributed by atoms with van der Waals surface area (Å²) < 4.78 is 73.3. The normalized spacial score (nSPS) is 11.6. The van der Waals surface area contributed by atoms with Crippen LogP contribution in [0.2, 0.25) is 0 Å². The lowest BCUT2D eigenvalue weighted by Gasteiger charge is -2.17. The lowest BCUT2D eigenvalue weighted by molar-refractivity contribution is -0.539. The van der Waals surface area contributed by atoms with Crippen LogP contribution in [0.5, 0.6) is 11.5 Å². The number of benzene rings is 3. The number of ether oxygens (including phenoxy) is 2. The number of carbonyl (C=O) groups is 1. The van der Waals surface area contributed by atoms with E-state index < -0.39 is 25.5 Å². The third-order valence-electron chi connectivity index (χ3n) is 5.41. The first-order valence-corrected chi connectivity index (χ1v) is 14.0. The Morgan fingerprint density at radius 3 is 1.87 bits per heavy atom. The second-order valence-electron chi connectivity index (χ2n) is 7.53. The second-order valence-corrected chi connectivity index (χ2v) is 10.8. The highest BCUT2D eigenvalue weighted by Gasteiger charge is 2.36. The standard InChI is InChI=1S/C23H19ClN2O6S.FHO3S/c1-31-18-11-13(12-25)22(33(24,29)30)21(32-2)20(18)26-16-9-5-3-7-14(16)19(23(27)28)15-8-4-6-10-17(15)26;1-5(2,3)4/h3-11H,12,25H2,1-2H3;(H,2,3,4). The summed E-state index contributed by atoms with van der Waals surface area (Å²) in [7, 11) is -1.14. The van der Waals surface area contributed by atoms with Crippen LogP contribution in [0.25, 0.3) is 27.5 Å². The van der Waals surface area contributed by atoms with Crippen molar-refractivity contribution in [3.63, 3.8) is 0 Å². The van der Waals surface area contributed by atoms with Crippen LogP contribution < -0.4 is 19.8 Å². The van der Waals surface area contributed by atoms with Gasteiger partial charge in [0.25, 0.3) is 25.2 Å². The van der Waals surface area contributed by atoms with Crippen LogP contribution in [0.15, 0.2) is 59.5 Å². The van der Waals surface area contributed by atoms with Gasteiger partial charge in [0.2, 0.25) is 16.8 Å². The Balaban J connectivity index is 0.000000732. The van der Waals surface area contributed by atoms with Gasteiger partial charge in [0.05, 0.1) is 30.6 Å². The Hall–Kier alpha value is -3.56. The highest BCUT2D eigenvalue weighted by Crippen LogP contribution is 2.41. The minimum absolute atomic E-state index is 0.0619. The van der Waals surface area contributed by atoms with E-state index in [2.05, 4.69) is 0 Å². The highest BCUT2D eigenvalue weighted by molar-refractivity contribution is 8.13. The number of fused-ring (bicyclic) bond motifs is 2. The first-order chi connectivity index (χ1) is 17.7. The van der Waals surface area contributed by atoms with Gasteiger partial charge < -0.3 is 24.9 Å². The third kappa shape index (κ3) is 5.79. The summed E-state index contributed by atoms with van der Waals surface area (Å²) in [6.45, 7) is -0.127. The molecule has 4 rings (SSSR count). The molecule has 38 heavy (non-hydrogen) atoms. The molecule has 0 saturated carbocycles. The molecule has 0 atom stereocenters. The maximum atomic E-state index is 12.5. The molecule has 4 aromatic rings. The number of nitrogens with two attached hydrogens (primary N) is 1. The molecule has 0 bridgehead atoms. The number of methoxy groups -OCH3 is 2. The van der Waals surface area contributed by atoms with Gasteiger partial charge in [-0.05, 0) is 23.8 Å². The summed E-state index contributed by atoms with van der Waals surface area (Å²) in [5, 5.41) is 10.9. The number of hydrogen-bond donors (Lipinski definition) is 2. The van der Waals surface area contributed by atoms with E-state index in [0.717, 1.165) is 0 Å². The van der Waals surface area contributed by atoms with Crippen molar-refractivity contribution in [1.82, 2.24) is 0 Å². The first kappa shape index (κ1) is 29.0. The zero-order valence-electron chi connectivity index (χ0n) is 19.7. The maximum Gasteiger partial charge on any atom is 0.337 e. The molecule has 0 aliphatic carbocycles. The van der Waals surface area contributed by atoms with E-state index in [-0.39, 0.29) is 39.8 Å². The summed E-state index contributed by atoms with van der Waals surface area (Å²) >= 11 is 0. The van der Waals surface area contributed by atoms with E-state index in [9.17, 15) is 22.2 Å². The Kier molecular flexibility index (Phi) is 8.43. The van der Waals surface area contributed by atoms with Gasteiger partial charge in [0.1, 0.15) is 4.90 Å². The zero-order valence-corrected chi connectivity index (χ0v) is 22.1. The molecule has 3 aromatic carbocycles. The van der Waals surface area contributed by atoms with E-state index in [1.54, 1.807) is 53.1 Å². The van der Waals surface area contributed by atoms with E-state index in [1.165, 1.54) is 20.3 Å². The molecule has 15 heteroatoms.